The smallest absolute Gasteiger partial charge is 0.232 e. The summed E-state index contributed by atoms with van der Waals surface area (Å²) in [6, 6.07) is 1.88. The lowest BCUT2D eigenvalue weighted by Gasteiger charge is -2.02. The van der Waals surface area contributed by atoms with E-state index in [2.05, 4.69) is 9.97 Å². The first kappa shape index (κ1) is 10.5. The topological polar surface area (TPSA) is 66.6 Å². The Kier molecular flexibility index (Phi) is 2.75. The lowest BCUT2D eigenvalue weighted by atomic mass is 10.1. The summed E-state index contributed by atoms with van der Waals surface area (Å²) in [6.07, 6.45) is 2.39. The van der Waals surface area contributed by atoms with Gasteiger partial charge in [0.1, 0.15) is 6.07 Å². The maximum absolute atomic E-state index is 10.8. The minimum absolute atomic E-state index is 0.143. The zero-order valence-electron chi connectivity index (χ0n) is 8.47. The molecule has 0 amide bonds. The van der Waals surface area contributed by atoms with E-state index in [0.717, 1.165) is 17.4 Å². The van der Waals surface area contributed by atoms with Crippen LogP contribution in [0.5, 0.6) is 0 Å². The molecule has 2 rings (SSSR count). The van der Waals surface area contributed by atoms with Crippen LogP contribution in [0.15, 0.2) is 17.0 Å². The van der Waals surface area contributed by atoms with Crippen molar-refractivity contribution >= 4 is 17.6 Å². The van der Waals surface area contributed by atoms with Crippen molar-refractivity contribution in [2.24, 2.45) is 0 Å². The van der Waals surface area contributed by atoms with Crippen molar-refractivity contribution in [2.45, 2.75) is 6.92 Å². The van der Waals surface area contributed by atoms with Gasteiger partial charge in [-0.3, -0.25) is 4.79 Å². The van der Waals surface area contributed by atoms with Crippen LogP contribution in [0.1, 0.15) is 21.9 Å². The van der Waals surface area contributed by atoms with Crippen LogP contribution in [0, 0.1) is 18.3 Å². The third-order valence-corrected chi connectivity index (χ3v) is 2.95. The van der Waals surface area contributed by atoms with Gasteiger partial charge in [-0.25, -0.2) is 9.97 Å². The minimum atomic E-state index is 0.143. The number of hydrogen-bond donors (Lipinski definition) is 0. The van der Waals surface area contributed by atoms with Gasteiger partial charge in [-0.1, -0.05) is 0 Å². The first-order chi connectivity index (χ1) is 7.76. The fraction of sp³-hybridized carbons (Fsp3) is 0.0909. The molecule has 2 heterocycles. The Morgan fingerprint density at radius 1 is 1.44 bits per heavy atom. The van der Waals surface area contributed by atoms with Gasteiger partial charge in [-0.15, -0.1) is 0 Å². The van der Waals surface area contributed by atoms with E-state index in [-0.39, 0.29) is 5.82 Å². The molecule has 16 heavy (non-hydrogen) atoms. The molecule has 78 valence electrons. The molecular formula is C11H7N3OS. The quantitative estimate of drug-likeness (QED) is 0.740. The number of aldehydes is 1. The van der Waals surface area contributed by atoms with Gasteiger partial charge in [0.15, 0.2) is 6.29 Å². The number of aromatic nitrogens is 2. The van der Waals surface area contributed by atoms with Crippen molar-refractivity contribution in [3.63, 3.8) is 0 Å². The van der Waals surface area contributed by atoms with Gasteiger partial charge < -0.3 is 0 Å². The summed E-state index contributed by atoms with van der Waals surface area (Å²) in [5.41, 5.74) is 2.94. The average Bonchev–Trinajstić information content (AvgIpc) is 2.76. The van der Waals surface area contributed by atoms with Gasteiger partial charge in [0.05, 0.1) is 0 Å². The summed E-state index contributed by atoms with van der Waals surface area (Å²) in [5, 5.41) is 12.3. The highest BCUT2D eigenvalue weighted by molar-refractivity contribution is 7.08. The van der Waals surface area contributed by atoms with Crippen molar-refractivity contribution in [1.29, 1.82) is 5.26 Å². The van der Waals surface area contributed by atoms with Crippen molar-refractivity contribution in [2.75, 3.05) is 0 Å². The molecule has 0 bridgehead atoms. The van der Waals surface area contributed by atoms with E-state index in [4.69, 9.17) is 5.26 Å². The highest BCUT2D eigenvalue weighted by Crippen LogP contribution is 2.27. The molecule has 5 heteroatoms. The van der Waals surface area contributed by atoms with Crippen molar-refractivity contribution in [3.05, 3.63) is 34.0 Å². The lowest BCUT2D eigenvalue weighted by molar-refractivity contribution is 0.112. The molecule has 0 radical (unpaired) electrons. The molecule has 0 saturated carbocycles. The maximum Gasteiger partial charge on any atom is 0.232 e. The van der Waals surface area contributed by atoms with E-state index in [1.165, 1.54) is 11.3 Å². The van der Waals surface area contributed by atoms with E-state index in [9.17, 15) is 4.79 Å². The largest absolute Gasteiger partial charge is 0.298 e. The van der Waals surface area contributed by atoms with Gasteiger partial charge in [-0.05, 0) is 12.3 Å². The molecule has 0 N–H and O–H groups in total. The fourth-order valence-electron chi connectivity index (χ4n) is 1.40. The SMILES string of the molecule is Cc1nc(C#N)ncc1-c1cscc1C=O. The van der Waals surface area contributed by atoms with Gasteiger partial charge in [0.25, 0.3) is 0 Å². The van der Waals surface area contributed by atoms with Crippen LogP contribution in [0.2, 0.25) is 0 Å². The number of rotatable bonds is 2. The molecule has 0 atom stereocenters. The van der Waals surface area contributed by atoms with Crippen molar-refractivity contribution in [3.8, 4) is 17.2 Å². The summed E-state index contributed by atoms with van der Waals surface area (Å²) < 4.78 is 0. The van der Waals surface area contributed by atoms with Crippen LogP contribution in [0.3, 0.4) is 0 Å². The summed E-state index contributed by atoms with van der Waals surface area (Å²) in [6.45, 7) is 1.80. The van der Waals surface area contributed by atoms with E-state index in [0.29, 0.717) is 11.3 Å². The number of carbonyl (C=O) groups excluding carboxylic acids is 1. The first-order valence-electron chi connectivity index (χ1n) is 4.51. The zero-order valence-corrected chi connectivity index (χ0v) is 9.28. The Balaban J connectivity index is 2.57. The molecule has 2 aromatic rings. The Morgan fingerprint density at radius 2 is 2.25 bits per heavy atom. The summed E-state index contributed by atoms with van der Waals surface area (Å²) >= 11 is 1.45. The Morgan fingerprint density at radius 3 is 2.88 bits per heavy atom. The molecule has 0 aromatic carbocycles. The van der Waals surface area contributed by atoms with E-state index < -0.39 is 0 Å². The number of hydrogen-bond acceptors (Lipinski definition) is 5. The average molecular weight is 229 g/mol. The molecule has 0 spiro atoms. The standard InChI is InChI=1S/C11H7N3OS/c1-7-9(3-13-11(2-12)14-7)10-6-16-5-8(10)4-15/h3-6H,1H3. The summed E-state index contributed by atoms with van der Waals surface area (Å²) in [7, 11) is 0. The second kappa shape index (κ2) is 4.21. The molecule has 2 aromatic heterocycles. The van der Waals surface area contributed by atoms with Crippen molar-refractivity contribution < 1.29 is 4.79 Å². The van der Waals surface area contributed by atoms with E-state index >= 15 is 0 Å². The normalized spacial score (nSPS) is 9.75. The summed E-state index contributed by atoms with van der Waals surface area (Å²) in [4.78, 5) is 18.8. The van der Waals surface area contributed by atoms with E-state index in [1.807, 2.05) is 11.4 Å². The molecule has 0 aliphatic rings. The molecule has 0 saturated heterocycles. The van der Waals surface area contributed by atoms with Gasteiger partial charge >= 0.3 is 0 Å². The molecule has 0 fully saturated rings. The van der Waals surface area contributed by atoms with Gasteiger partial charge in [0.2, 0.25) is 5.82 Å². The lowest BCUT2D eigenvalue weighted by Crippen LogP contribution is -1.95. The molecule has 0 aliphatic carbocycles. The van der Waals surface area contributed by atoms with Gasteiger partial charge in [0, 0.05) is 34.0 Å². The van der Waals surface area contributed by atoms with Gasteiger partial charge in [-0.2, -0.15) is 16.6 Å². The van der Waals surface area contributed by atoms with Crippen LogP contribution in [-0.2, 0) is 0 Å². The van der Waals surface area contributed by atoms with Crippen molar-refractivity contribution in [1.82, 2.24) is 9.97 Å². The molecule has 4 nitrogen and oxygen atoms in total. The second-order valence-electron chi connectivity index (χ2n) is 3.16. The Hall–Kier alpha value is -2.06. The Bertz CT molecular complexity index is 583. The van der Waals surface area contributed by atoms with Crippen LogP contribution < -0.4 is 0 Å². The molecular weight excluding hydrogens is 222 g/mol. The minimum Gasteiger partial charge on any atom is -0.298 e. The van der Waals surface area contributed by atoms with Crippen LogP contribution in [-0.4, -0.2) is 16.3 Å². The van der Waals surface area contributed by atoms with Crippen LogP contribution in [0.25, 0.3) is 11.1 Å². The predicted octanol–water partition coefficient (Wildman–Crippen LogP) is 2.20. The first-order valence-corrected chi connectivity index (χ1v) is 5.46. The third-order valence-electron chi connectivity index (χ3n) is 2.19. The highest BCUT2D eigenvalue weighted by Gasteiger charge is 2.10. The maximum atomic E-state index is 10.8. The fourth-order valence-corrected chi connectivity index (χ4v) is 2.20. The Labute approximate surface area is 96.2 Å². The molecule has 0 unspecified atom stereocenters. The number of nitriles is 1. The number of nitrogens with zero attached hydrogens (tertiary/aromatic N) is 3. The number of thiophene rings is 1. The van der Waals surface area contributed by atoms with Crippen LogP contribution >= 0.6 is 11.3 Å². The second-order valence-corrected chi connectivity index (χ2v) is 3.91. The summed E-state index contributed by atoms with van der Waals surface area (Å²) in [5.74, 6) is 0.143. The predicted molar refractivity (Wildman–Crippen MR) is 60.2 cm³/mol. The number of carbonyl (C=O) groups is 1. The number of aryl methyl sites for hydroxylation is 1. The third kappa shape index (κ3) is 1.71. The zero-order chi connectivity index (χ0) is 11.5. The van der Waals surface area contributed by atoms with Crippen LogP contribution in [0.4, 0.5) is 0 Å². The monoisotopic (exact) mass is 229 g/mol. The highest BCUT2D eigenvalue weighted by atomic mass is 32.1. The van der Waals surface area contributed by atoms with E-state index in [1.54, 1.807) is 18.5 Å². The molecule has 0 aliphatic heterocycles.